The van der Waals surface area contributed by atoms with Crippen molar-refractivity contribution in [3.63, 3.8) is 0 Å². The minimum absolute atomic E-state index is 0.125. The zero-order valence-electron chi connectivity index (χ0n) is 10.8. The quantitative estimate of drug-likeness (QED) is 0.889. The highest BCUT2D eigenvalue weighted by atomic mass is 35.5. The lowest BCUT2D eigenvalue weighted by molar-refractivity contribution is -0.0504. The van der Waals surface area contributed by atoms with E-state index >= 15 is 0 Å². The molecule has 0 aliphatic carbocycles. The van der Waals surface area contributed by atoms with E-state index in [-0.39, 0.29) is 5.75 Å². The summed E-state index contributed by atoms with van der Waals surface area (Å²) in [6, 6.07) is 13.4. The second-order valence-corrected chi connectivity index (χ2v) is 4.55. The van der Waals surface area contributed by atoms with Crippen LogP contribution in [0.15, 0.2) is 42.5 Å². The first kappa shape index (κ1) is 15.1. The van der Waals surface area contributed by atoms with Gasteiger partial charge in [-0.25, -0.2) is 0 Å². The van der Waals surface area contributed by atoms with Crippen molar-refractivity contribution < 1.29 is 13.5 Å². The van der Waals surface area contributed by atoms with Crippen molar-refractivity contribution >= 4 is 17.3 Å². The predicted molar refractivity (Wildman–Crippen MR) is 76.6 cm³/mol. The van der Waals surface area contributed by atoms with Gasteiger partial charge in [-0.2, -0.15) is 14.0 Å². The molecule has 0 aromatic heterocycles. The van der Waals surface area contributed by atoms with Crippen LogP contribution in [0.5, 0.6) is 5.75 Å². The van der Waals surface area contributed by atoms with Gasteiger partial charge < -0.3 is 10.1 Å². The number of hydrogen-bond donors (Lipinski definition) is 1. The molecule has 2 rings (SSSR count). The van der Waals surface area contributed by atoms with E-state index in [1.54, 1.807) is 36.4 Å². The summed E-state index contributed by atoms with van der Waals surface area (Å²) in [5.41, 5.74) is 1.66. The first-order valence-electron chi connectivity index (χ1n) is 6.06. The SMILES string of the molecule is N#Cc1ccc(NCc2ccccc2OC(F)F)cc1Cl. The molecule has 0 atom stereocenters. The minimum atomic E-state index is -2.87. The summed E-state index contributed by atoms with van der Waals surface area (Å²) in [5, 5.41) is 12.2. The average molecular weight is 309 g/mol. The molecule has 0 saturated heterocycles. The summed E-state index contributed by atoms with van der Waals surface area (Å²) in [7, 11) is 0. The van der Waals surface area contributed by atoms with Crippen LogP contribution in [0, 0.1) is 11.3 Å². The molecular weight excluding hydrogens is 298 g/mol. The minimum Gasteiger partial charge on any atom is -0.434 e. The lowest BCUT2D eigenvalue weighted by Crippen LogP contribution is -2.07. The molecular formula is C15H11ClF2N2O. The van der Waals surface area contributed by atoms with Crippen LogP contribution in [0.4, 0.5) is 14.5 Å². The maximum absolute atomic E-state index is 12.3. The third kappa shape index (κ3) is 4.07. The topological polar surface area (TPSA) is 45.0 Å². The maximum Gasteiger partial charge on any atom is 0.387 e. The molecule has 0 spiro atoms. The first-order chi connectivity index (χ1) is 10.1. The van der Waals surface area contributed by atoms with Gasteiger partial charge in [0.2, 0.25) is 0 Å². The lowest BCUT2D eigenvalue weighted by atomic mass is 10.2. The monoisotopic (exact) mass is 308 g/mol. The van der Waals surface area contributed by atoms with Gasteiger partial charge in [-0.15, -0.1) is 0 Å². The van der Waals surface area contributed by atoms with Crippen LogP contribution in [0.25, 0.3) is 0 Å². The Bertz CT molecular complexity index is 671. The van der Waals surface area contributed by atoms with Crippen molar-refractivity contribution in [3.05, 3.63) is 58.6 Å². The first-order valence-corrected chi connectivity index (χ1v) is 6.44. The van der Waals surface area contributed by atoms with Crippen LogP contribution in [0.2, 0.25) is 5.02 Å². The smallest absolute Gasteiger partial charge is 0.387 e. The number of anilines is 1. The Morgan fingerprint density at radius 3 is 2.67 bits per heavy atom. The summed E-state index contributed by atoms with van der Waals surface area (Å²) in [4.78, 5) is 0. The molecule has 1 N–H and O–H groups in total. The molecule has 3 nitrogen and oxygen atoms in total. The average Bonchev–Trinajstić information content (AvgIpc) is 2.46. The number of hydrogen-bond acceptors (Lipinski definition) is 3. The highest BCUT2D eigenvalue weighted by Crippen LogP contribution is 2.24. The maximum atomic E-state index is 12.3. The van der Waals surface area contributed by atoms with Crippen LogP contribution in [0.3, 0.4) is 0 Å². The molecule has 0 amide bonds. The number of benzene rings is 2. The molecule has 0 aliphatic heterocycles. The van der Waals surface area contributed by atoms with Gasteiger partial charge in [0.15, 0.2) is 0 Å². The number of para-hydroxylation sites is 1. The van der Waals surface area contributed by atoms with Gasteiger partial charge in [0, 0.05) is 17.8 Å². The van der Waals surface area contributed by atoms with Gasteiger partial charge in [-0.3, -0.25) is 0 Å². The van der Waals surface area contributed by atoms with Gasteiger partial charge in [0.1, 0.15) is 11.8 Å². The molecule has 0 fully saturated rings. The highest BCUT2D eigenvalue weighted by Gasteiger charge is 2.09. The van der Waals surface area contributed by atoms with Crippen LogP contribution in [0.1, 0.15) is 11.1 Å². The van der Waals surface area contributed by atoms with Crippen LogP contribution in [-0.4, -0.2) is 6.61 Å². The Hall–Kier alpha value is -2.32. The molecule has 0 heterocycles. The van der Waals surface area contributed by atoms with Gasteiger partial charge in [0.25, 0.3) is 0 Å². The summed E-state index contributed by atoms with van der Waals surface area (Å²) in [5.74, 6) is 0.125. The fourth-order valence-corrected chi connectivity index (χ4v) is 2.00. The van der Waals surface area contributed by atoms with Crippen molar-refractivity contribution in [2.75, 3.05) is 5.32 Å². The third-order valence-electron chi connectivity index (χ3n) is 2.76. The second-order valence-electron chi connectivity index (χ2n) is 4.15. The summed E-state index contributed by atoms with van der Waals surface area (Å²) in [6.07, 6.45) is 0. The molecule has 0 saturated carbocycles. The predicted octanol–water partition coefficient (Wildman–Crippen LogP) is 4.43. The molecule has 108 valence electrons. The Morgan fingerprint density at radius 2 is 2.00 bits per heavy atom. The van der Waals surface area contributed by atoms with Gasteiger partial charge in [-0.1, -0.05) is 29.8 Å². The molecule has 0 radical (unpaired) electrons. The van der Waals surface area contributed by atoms with E-state index in [1.165, 1.54) is 6.07 Å². The summed E-state index contributed by atoms with van der Waals surface area (Å²) in [6.45, 7) is -2.57. The van der Waals surface area contributed by atoms with Gasteiger partial charge in [-0.05, 0) is 24.3 Å². The Morgan fingerprint density at radius 1 is 1.24 bits per heavy atom. The second kappa shape index (κ2) is 6.91. The zero-order valence-corrected chi connectivity index (χ0v) is 11.6. The van der Waals surface area contributed by atoms with E-state index in [0.29, 0.717) is 28.4 Å². The normalized spacial score (nSPS) is 10.2. The van der Waals surface area contributed by atoms with Crippen molar-refractivity contribution in [2.45, 2.75) is 13.2 Å². The molecule has 6 heteroatoms. The zero-order chi connectivity index (χ0) is 15.2. The fraction of sp³-hybridized carbons (Fsp3) is 0.133. The van der Waals surface area contributed by atoms with E-state index in [9.17, 15) is 8.78 Å². The van der Waals surface area contributed by atoms with Crippen LogP contribution < -0.4 is 10.1 Å². The largest absolute Gasteiger partial charge is 0.434 e. The standard InChI is InChI=1S/C15H11ClF2N2O/c16-13-7-12(6-5-10(13)8-19)20-9-11-3-1-2-4-14(11)21-15(17)18/h1-7,15,20H,9H2. The number of ether oxygens (including phenoxy) is 1. The molecule has 0 bridgehead atoms. The molecule has 2 aromatic carbocycles. The van der Waals surface area contributed by atoms with E-state index in [2.05, 4.69) is 10.1 Å². The van der Waals surface area contributed by atoms with Crippen molar-refractivity contribution in [3.8, 4) is 11.8 Å². The van der Waals surface area contributed by atoms with E-state index < -0.39 is 6.61 Å². The van der Waals surface area contributed by atoms with Crippen molar-refractivity contribution in [1.82, 2.24) is 0 Å². The highest BCUT2D eigenvalue weighted by molar-refractivity contribution is 6.32. The lowest BCUT2D eigenvalue weighted by Gasteiger charge is -2.12. The van der Waals surface area contributed by atoms with E-state index in [0.717, 1.165) is 0 Å². The Labute approximate surface area is 125 Å². The number of alkyl halides is 2. The van der Waals surface area contributed by atoms with E-state index in [1.807, 2.05) is 6.07 Å². The van der Waals surface area contributed by atoms with Gasteiger partial charge >= 0.3 is 6.61 Å². The van der Waals surface area contributed by atoms with E-state index in [4.69, 9.17) is 16.9 Å². The number of rotatable bonds is 5. The Balaban J connectivity index is 2.10. The van der Waals surface area contributed by atoms with Gasteiger partial charge in [0.05, 0.1) is 10.6 Å². The number of nitrogens with one attached hydrogen (secondary N) is 1. The third-order valence-corrected chi connectivity index (χ3v) is 3.07. The van der Waals surface area contributed by atoms with Crippen LogP contribution >= 0.6 is 11.6 Å². The molecule has 0 aliphatic rings. The summed E-state index contributed by atoms with van der Waals surface area (Å²) >= 11 is 5.93. The molecule has 2 aromatic rings. The van der Waals surface area contributed by atoms with Crippen LogP contribution in [-0.2, 0) is 6.54 Å². The number of nitriles is 1. The van der Waals surface area contributed by atoms with Crippen molar-refractivity contribution in [1.29, 1.82) is 5.26 Å². The van der Waals surface area contributed by atoms with Crippen molar-refractivity contribution in [2.24, 2.45) is 0 Å². The molecule has 21 heavy (non-hydrogen) atoms. The number of nitrogens with zero attached hydrogens (tertiary/aromatic N) is 1. The number of halogens is 3. The fourth-order valence-electron chi connectivity index (χ4n) is 1.77. The Kier molecular flexibility index (Phi) is 4.96. The molecule has 0 unspecified atom stereocenters. The summed E-state index contributed by atoms with van der Waals surface area (Å²) < 4.78 is 29.1.